The van der Waals surface area contributed by atoms with Crippen LogP contribution < -0.4 is 5.73 Å². The largest absolute Gasteiger partial charge is 0.330 e. The maximum Gasteiger partial charge on any atom is 0.157 e. The standard InChI is InChI=1S/C14H20ClNO2S/c15-13-7-3-1-6-12(13)10-19(17,18)14-8-4-2-5-11(14)9-16/h1,3,6-7,11,14H,2,4-5,8-10,16H2. The lowest BCUT2D eigenvalue weighted by Gasteiger charge is -2.30. The number of hydrogen-bond acceptors (Lipinski definition) is 3. The van der Waals surface area contributed by atoms with Crippen molar-refractivity contribution in [1.82, 2.24) is 0 Å². The first-order valence-electron chi connectivity index (χ1n) is 6.69. The molecule has 0 aromatic heterocycles. The van der Waals surface area contributed by atoms with Gasteiger partial charge < -0.3 is 5.73 Å². The summed E-state index contributed by atoms with van der Waals surface area (Å²) in [6.07, 6.45) is 3.71. The second-order valence-electron chi connectivity index (χ2n) is 5.22. The molecule has 2 atom stereocenters. The molecule has 1 aromatic carbocycles. The smallest absolute Gasteiger partial charge is 0.157 e. The van der Waals surface area contributed by atoms with Crippen LogP contribution in [0, 0.1) is 5.92 Å². The summed E-state index contributed by atoms with van der Waals surface area (Å²) in [7, 11) is -3.18. The number of halogens is 1. The maximum atomic E-state index is 12.6. The third kappa shape index (κ3) is 3.50. The second kappa shape index (κ2) is 6.25. The average Bonchev–Trinajstić information content (AvgIpc) is 2.41. The van der Waals surface area contributed by atoms with E-state index in [2.05, 4.69) is 0 Å². The fourth-order valence-electron chi connectivity index (χ4n) is 2.86. The van der Waals surface area contributed by atoms with Gasteiger partial charge in [0.05, 0.1) is 11.0 Å². The molecule has 0 bridgehead atoms. The summed E-state index contributed by atoms with van der Waals surface area (Å²) < 4.78 is 25.1. The van der Waals surface area contributed by atoms with Gasteiger partial charge in [-0.05, 0) is 36.9 Å². The van der Waals surface area contributed by atoms with Crippen molar-refractivity contribution in [3.63, 3.8) is 0 Å². The van der Waals surface area contributed by atoms with E-state index in [4.69, 9.17) is 17.3 Å². The molecule has 1 aliphatic rings. The van der Waals surface area contributed by atoms with E-state index in [0.717, 1.165) is 25.7 Å². The first-order valence-corrected chi connectivity index (χ1v) is 8.79. The monoisotopic (exact) mass is 301 g/mol. The van der Waals surface area contributed by atoms with E-state index < -0.39 is 9.84 Å². The van der Waals surface area contributed by atoms with Gasteiger partial charge in [0.2, 0.25) is 0 Å². The van der Waals surface area contributed by atoms with Gasteiger partial charge in [-0.15, -0.1) is 0 Å². The highest BCUT2D eigenvalue weighted by molar-refractivity contribution is 7.91. The SMILES string of the molecule is NCC1CCCCC1S(=O)(=O)Cc1ccccc1Cl. The van der Waals surface area contributed by atoms with E-state index in [0.29, 0.717) is 17.1 Å². The van der Waals surface area contributed by atoms with Crippen molar-refractivity contribution in [2.24, 2.45) is 11.7 Å². The molecular formula is C14H20ClNO2S. The summed E-state index contributed by atoms with van der Waals surface area (Å²) in [5.41, 5.74) is 6.41. The maximum absolute atomic E-state index is 12.6. The lowest BCUT2D eigenvalue weighted by molar-refractivity contribution is 0.363. The lowest BCUT2D eigenvalue weighted by atomic mass is 9.89. The fourth-order valence-corrected chi connectivity index (χ4v) is 5.40. The van der Waals surface area contributed by atoms with E-state index >= 15 is 0 Å². The molecule has 0 heterocycles. The minimum Gasteiger partial charge on any atom is -0.330 e. The molecular weight excluding hydrogens is 282 g/mol. The first kappa shape index (κ1) is 14.8. The van der Waals surface area contributed by atoms with Crippen molar-refractivity contribution in [3.05, 3.63) is 34.9 Å². The first-order chi connectivity index (χ1) is 9.04. The molecule has 5 heteroatoms. The van der Waals surface area contributed by atoms with Gasteiger partial charge in [0.15, 0.2) is 9.84 Å². The molecule has 0 amide bonds. The third-order valence-corrected chi connectivity index (χ3v) is 6.54. The Balaban J connectivity index is 2.20. The fraction of sp³-hybridized carbons (Fsp3) is 0.571. The van der Waals surface area contributed by atoms with Crippen LogP contribution in [0.1, 0.15) is 31.2 Å². The molecule has 0 spiro atoms. The van der Waals surface area contributed by atoms with Gasteiger partial charge in [0.1, 0.15) is 0 Å². The van der Waals surface area contributed by atoms with Crippen molar-refractivity contribution in [2.45, 2.75) is 36.7 Å². The van der Waals surface area contributed by atoms with Crippen LogP contribution in [0.5, 0.6) is 0 Å². The minimum atomic E-state index is -3.18. The van der Waals surface area contributed by atoms with Crippen LogP contribution in [0.2, 0.25) is 5.02 Å². The van der Waals surface area contributed by atoms with Crippen LogP contribution in [0.3, 0.4) is 0 Å². The minimum absolute atomic E-state index is 0.0217. The van der Waals surface area contributed by atoms with Gasteiger partial charge >= 0.3 is 0 Å². The molecule has 2 unspecified atom stereocenters. The number of rotatable bonds is 4. The molecule has 19 heavy (non-hydrogen) atoms. The molecule has 1 fully saturated rings. The molecule has 2 N–H and O–H groups in total. The zero-order chi connectivity index (χ0) is 13.9. The Labute approximate surface area is 120 Å². The molecule has 1 saturated carbocycles. The molecule has 3 nitrogen and oxygen atoms in total. The highest BCUT2D eigenvalue weighted by Gasteiger charge is 2.34. The van der Waals surface area contributed by atoms with E-state index in [-0.39, 0.29) is 16.9 Å². The highest BCUT2D eigenvalue weighted by atomic mass is 35.5. The quantitative estimate of drug-likeness (QED) is 0.930. The van der Waals surface area contributed by atoms with Crippen molar-refractivity contribution in [1.29, 1.82) is 0 Å². The lowest BCUT2D eigenvalue weighted by Crippen LogP contribution is -2.37. The summed E-state index contributed by atoms with van der Waals surface area (Å²) in [5.74, 6) is 0.120. The summed E-state index contributed by atoms with van der Waals surface area (Å²) in [5, 5.41) is 0.216. The molecule has 0 radical (unpaired) electrons. The van der Waals surface area contributed by atoms with Gasteiger partial charge in [-0.2, -0.15) is 0 Å². The molecule has 1 aliphatic carbocycles. The Morgan fingerprint density at radius 3 is 2.58 bits per heavy atom. The average molecular weight is 302 g/mol. The normalized spacial score (nSPS) is 24.3. The van der Waals surface area contributed by atoms with E-state index in [1.807, 2.05) is 12.1 Å². The Kier molecular flexibility index (Phi) is 4.87. The number of hydrogen-bond donors (Lipinski definition) is 1. The molecule has 0 saturated heterocycles. The van der Waals surface area contributed by atoms with Crippen LogP contribution in [0.25, 0.3) is 0 Å². The zero-order valence-corrected chi connectivity index (χ0v) is 12.5. The Bertz CT molecular complexity index is 530. The summed E-state index contributed by atoms with van der Waals surface area (Å²) in [6.45, 7) is 0.451. The van der Waals surface area contributed by atoms with Crippen molar-refractivity contribution in [3.8, 4) is 0 Å². The van der Waals surface area contributed by atoms with Gasteiger partial charge in [-0.3, -0.25) is 0 Å². The Hall–Kier alpha value is -0.580. The number of sulfone groups is 1. The molecule has 106 valence electrons. The second-order valence-corrected chi connectivity index (χ2v) is 7.84. The topological polar surface area (TPSA) is 60.2 Å². The molecule has 1 aromatic rings. The van der Waals surface area contributed by atoms with Gasteiger partial charge in [-0.1, -0.05) is 42.6 Å². The van der Waals surface area contributed by atoms with Crippen molar-refractivity contribution in [2.75, 3.05) is 6.54 Å². The summed E-state index contributed by atoms with van der Waals surface area (Å²) >= 11 is 6.05. The van der Waals surface area contributed by atoms with Gasteiger partial charge in [-0.25, -0.2) is 8.42 Å². The molecule has 2 rings (SSSR count). The van der Waals surface area contributed by atoms with Gasteiger partial charge in [0, 0.05) is 5.02 Å². The molecule has 0 aliphatic heterocycles. The van der Waals surface area contributed by atoms with Crippen LogP contribution in [-0.2, 0) is 15.6 Å². The Morgan fingerprint density at radius 1 is 1.21 bits per heavy atom. The predicted octanol–water partition coefficient (Wildman–Crippen LogP) is 2.77. The van der Waals surface area contributed by atoms with Crippen LogP contribution >= 0.6 is 11.6 Å². The van der Waals surface area contributed by atoms with E-state index in [9.17, 15) is 8.42 Å². The summed E-state index contributed by atoms with van der Waals surface area (Å²) in [4.78, 5) is 0. The van der Waals surface area contributed by atoms with Gasteiger partial charge in [0.25, 0.3) is 0 Å². The zero-order valence-electron chi connectivity index (χ0n) is 10.9. The predicted molar refractivity (Wildman–Crippen MR) is 78.9 cm³/mol. The van der Waals surface area contributed by atoms with Crippen molar-refractivity contribution < 1.29 is 8.42 Å². The third-order valence-electron chi connectivity index (χ3n) is 3.92. The number of nitrogens with two attached hydrogens (primary N) is 1. The van der Waals surface area contributed by atoms with E-state index in [1.165, 1.54) is 0 Å². The highest BCUT2D eigenvalue weighted by Crippen LogP contribution is 2.31. The summed E-state index contributed by atoms with van der Waals surface area (Å²) in [6, 6.07) is 7.13. The van der Waals surface area contributed by atoms with Crippen molar-refractivity contribution >= 4 is 21.4 Å². The van der Waals surface area contributed by atoms with Crippen LogP contribution in [-0.4, -0.2) is 20.2 Å². The number of benzene rings is 1. The van der Waals surface area contributed by atoms with E-state index in [1.54, 1.807) is 12.1 Å². The Morgan fingerprint density at radius 2 is 1.89 bits per heavy atom. The van der Waals surface area contributed by atoms with Crippen LogP contribution in [0.4, 0.5) is 0 Å². The van der Waals surface area contributed by atoms with Crippen LogP contribution in [0.15, 0.2) is 24.3 Å².